The van der Waals surface area contributed by atoms with E-state index in [9.17, 15) is 5.11 Å². The Hall–Kier alpha value is -1.30. The summed E-state index contributed by atoms with van der Waals surface area (Å²) in [6, 6.07) is 4.13. The first-order valence-corrected chi connectivity index (χ1v) is 9.42. The van der Waals surface area contributed by atoms with E-state index in [0.717, 1.165) is 43.1 Å². The van der Waals surface area contributed by atoms with Crippen LogP contribution in [-0.2, 0) is 5.41 Å². The Morgan fingerprint density at radius 1 is 1.12 bits per heavy atom. The number of β-amino-alcohol motifs (C(OH)–C–C–N with tert-alkyl or cyclic N) is 1. The first-order valence-electron chi connectivity index (χ1n) is 9.42. The highest BCUT2D eigenvalue weighted by Gasteiger charge is 2.25. The first kappa shape index (κ1) is 20.0. The number of nitrogens with zero attached hydrogens (tertiary/aromatic N) is 1. The second kappa shape index (κ2) is 8.88. The average Bonchev–Trinajstić information content (AvgIpc) is 2.56. The number of hydrogen-bond acceptors (Lipinski definition) is 5. The molecule has 5 heteroatoms. The minimum Gasteiger partial charge on any atom is -0.490 e. The number of ether oxygens (including phenoxy) is 2. The van der Waals surface area contributed by atoms with E-state index in [1.807, 2.05) is 13.8 Å². The van der Waals surface area contributed by atoms with Gasteiger partial charge in [-0.25, -0.2) is 0 Å². The van der Waals surface area contributed by atoms with Crippen LogP contribution in [0.15, 0.2) is 12.1 Å². The van der Waals surface area contributed by atoms with Crippen molar-refractivity contribution >= 4 is 0 Å². The molecule has 1 aliphatic heterocycles. The van der Waals surface area contributed by atoms with Crippen LogP contribution in [-0.4, -0.2) is 55.9 Å². The van der Waals surface area contributed by atoms with Crippen LogP contribution in [0.3, 0.4) is 0 Å². The topological polar surface area (TPSA) is 54.0 Å². The minimum absolute atomic E-state index is 0.0277. The van der Waals surface area contributed by atoms with E-state index in [0.29, 0.717) is 25.5 Å². The number of benzene rings is 1. The summed E-state index contributed by atoms with van der Waals surface area (Å²) in [6.07, 6.45) is -0.596. The molecule has 0 bridgehead atoms. The maximum atomic E-state index is 11.0. The Bertz CT molecular complexity index is 549. The van der Waals surface area contributed by atoms with Crippen molar-refractivity contribution in [3.05, 3.63) is 23.3 Å². The number of aliphatic hydroxyl groups excluding tert-OH is 1. The molecule has 25 heavy (non-hydrogen) atoms. The van der Waals surface area contributed by atoms with Gasteiger partial charge in [-0.1, -0.05) is 20.8 Å². The Morgan fingerprint density at radius 3 is 2.32 bits per heavy atom. The third-order valence-corrected chi connectivity index (χ3v) is 4.54. The number of hydrogen-bond donors (Lipinski definition) is 2. The molecule has 2 rings (SSSR count). The molecule has 1 heterocycles. The van der Waals surface area contributed by atoms with Gasteiger partial charge in [-0.15, -0.1) is 0 Å². The van der Waals surface area contributed by atoms with Crippen LogP contribution < -0.4 is 14.8 Å². The largest absolute Gasteiger partial charge is 0.490 e. The molecule has 1 atom stereocenters. The van der Waals surface area contributed by atoms with Gasteiger partial charge in [-0.3, -0.25) is 4.90 Å². The molecule has 2 N–H and O–H groups in total. The number of rotatable bonds is 7. The predicted octanol–water partition coefficient (Wildman–Crippen LogP) is 2.72. The SMILES string of the molecule is CCOc1cc(C(C)(C)C)cc(C(O)CN2CCNCC2)c1OCC. The van der Waals surface area contributed by atoms with Crippen molar-refractivity contribution < 1.29 is 14.6 Å². The highest BCUT2D eigenvalue weighted by Crippen LogP contribution is 2.40. The zero-order valence-corrected chi connectivity index (χ0v) is 16.4. The van der Waals surface area contributed by atoms with Crippen LogP contribution in [0, 0.1) is 0 Å². The van der Waals surface area contributed by atoms with Gasteiger partial charge in [-0.05, 0) is 37.0 Å². The molecule has 0 amide bonds. The molecule has 0 aliphatic carbocycles. The Morgan fingerprint density at radius 2 is 1.76 bits per heavy atom. The van der Waals surface area contributed by atoms with Gasteiger partial charge in [0.05, 0.1) is 19.3 Å². The molecule has 0 spiro atoms. The second-order valence-electron chi connectivity index (χ2n) is 7.58. The lowest BCUT2D eigenvalue weighted by Crippen LogP contribution is -2.45. The van der Waals surface area contributed by atoms with E-state index in [2.05, 4.69) is 43.1 Å². The summed E-state index contributed by atoms with van der Waals surface area (Å²) in [4.78, 5) is 2.29. The second-order valence-corrected chi connectivity index (χ2v) is 7.58. The molecule has 1 aliphatic rings. The smallest absolute Gasteiger partial charge is 0.166 e. The Kier molecular flexibility index (Phi) is 7.11. The quantitative estimate of drug-likeness (QED) is 0.792. The lowest BCUT2D eigenvalue weighted by atomic mass is 9.85. The number of aliphatic hydroxyl groups is 1. The number of nitrogens with one attached hydrogen (secondary N) is 1. The van der Waals surface area contributed by atoms with Crippen molar-refractivity contribution in [2.24, 2.45) is 0 Å². The van der Waals surface area contributed by atoms with Crippen LogP contribution >= 0.6 is 0 Å². The molecule has 1 aromatic carbocycles. The molecule has 1 aromatic rings. The third-order valence-electron chi connectivity index (χ3n) is 4.54. The summed E-state index contributed by atoms with van der Waals surface area (Å²) in [6.45, 7) is 16.0. The van der Waals surface area contributed by atoms with Crippen LogP contribution in [0.5, 0.6) is 11.5 Å². The zero-order valence-electron chi connectivity index (χ0n) is 16.4. The molecule has 142 valence electrons. The summed E-state index contributed by atoms with van der Waals surface area (Å²) in [5.74, 6) is 1.41. The molecule has 1 saturated heterocycles. The fourth-order valence-corrected chi connectivity index (χ4v) is 3.10. The molecular weight excluding hydrogens is 316 g/mol. The highest BCUT2D eigenvalue weighted by atomic mass is 16.5. The van der Waals surface area contributed by atoms with E-state index in [1.54, 1.807) is 0 Å². The van der Waals surface area contributed by atoms with E-state index < -0.39 is 6.10 Å². The van der Waals surface area contributed by atoms with Gasteiger partial charge in [0.1, 0.15) is 0 Å². The zero-order chi connectivity index (χ0) is 18.4. The van der Waals surface area contributed by atoms with Gasteiger partial charge >= 0.3 is 0 Å². The normalized spacial score (nSPS) is 17.4. The lowest BCUT2D eigenvalue weighted by Gasteiger charge is -2.31. The van der Waals surface area contributed by atoms with Crippen LogP contribution in [0.25, 0.3) is 0 Å². The van der Waals surface area contributed by atoms with Crippen molar-refractivity contribution in [3.63, 3.8) is 0 Å². The van der Waals surface area contributed by atoms with E-state index in [1.165, 1.54) is 0 Å². The first-order chi connectivity index (χ1) is 11.9. The maximum absolute atomic E-state index is 11.0. The van der Waals surface area contributed by atoms with E-state index in [4.69, 9.17) is 9.47 Å². The summed E-state index contributed by atoms with van der Waals surface area (Å²) < 4.78 is 11.7. The van der Waals surface area contributed by atoms with Gasteiger partial charge < -0.3 is 19.9 Å². The van der Waals surface area contributed by atoms with Crippen molar-refractivity contribution in [1.82, 2.24) is 10.2 Å². The lowest BCUT2D eigenvalue weighted by molar-refractivity contribution is 0.102. The summed E-state index contributed by atoms with van der Waals surface area (Å²) in [7, 11) is 0. The van der Waals surface area contributed by atoms with Gasteiger partial charge in [0.15, 0.2) is 11.5 Å². The van der Waals surface area contributed by atoms with Gasteiger partial charge in [0.2, 0.25) is 0 Å². The van der Waals surface area contributed by atoms with Crippen molar-refractivity contribution in [3.8, 4) is 11.5 Å². The predicted molar refractivity (Wildman–Crippen MR) is 102 cm³/mol. The fraction of sp³-hybridized carbons (Fsp3) is 0.700. The maximum Gasteiger partial charge on any atom is 0.166 e. The molecule has 1 fully saturated rings. The summed E-state index contributed by atoms with van der Waals surface area (Å²) in [5.41, 5.74) is 1.95. The molecule has 5 nitrogen and oxygen atoms in total. The van der Waals surface area contributed by atoms with Crippen LogP contribution in [0.2, 0.25) is 0 Å². The standard InChI is InChI=1S/C20H34N2O3/c1-6-24-18-13-15(20(3,4)5)12-16(19(18)25-7-2)17(23)14-22-10-8-21-9-11-22/h12-13,17,21,23H,6-11,14H2,1-5H3. The van der Waals surface area contributed by atoms with E-state index >= 15 is 0 Å². The van der Waals surface area contributed by atoms with Crippen LogP contribution in [0.4, 0.5) is 0 Å². The molecule has 0 saturated carbocycles. The molecule has 0 aromatic heterocycles. The molecular formula is C20H34N2O3. The third kappa shape index (κ3) is 5.33. The Balaban J connectivity index is 2.38. The van der Waals surface area contributed by atoms with Crippen molar-refractivity contribution in [1.29, 1.82) is 0 Å². The van der Waals surface area contributed by atoms with Crippen LogP contribution in [0.1, 0.15) is 51.8 Å². The van der Waals surface area contributed by atoms with Crippen molar-refractivity contribution in [2.45, 2.75) is 46.1 Å². The monoisotopic (exact) mass is 350 g/mol. The molecule has 1 unspecified atom stereocenters. The number of piperazine rings is 1. The van der Waals surface area contributed by atoms with Gasteiger partial charge in [-0.2, -0.15) is 0 Å². The van der Waals surface area contributed by atoms with Crippen molar-refractivity contribution in [2.75, 3.05) is 45.9 Å². The van der Waals surface area contributed by atoms with Gasteiger partial charge in [0, 0.05) is 38.3 Å². The van der Waals surface area contributed by atoms with Gasteiger partial charge in [0.25, 0.3) is 0 Å². The van der Waals surface area contributed by atoms with E-state index in [-0.39, 0.29) is 5.41 Å². The molecule has 0 radical (unpaired) electrons. The fourth-order valence-electron chi connectivity index (χ4n) is 3.10. The summed E-state index contributed by atoms with van der Waals surface area (Å²) in [5, 5.41) is 14.3. The Labute approximate surface area is 152 Å². The minimum atomic E-state index is -0.596. The summed E-state index contributed by atoms with van der Waals surface area (Å²) >= 11 is 0. The average molecular weight is 351 g/mol. The highest BCUT2D eigenvalue weighted by molar-refractivity contribution is 5.52.